The van der Waals surface area contributed by atoms with Gasteiger partial charge in [-0.3, -0.25) is 4.68 Å². The van der Waals surface area contributed by atoms with E-state index in [-0.39, 0.29) is 5.82 Å². The summed E-state index contributed by atoms with van der Waals surface area (Å²) in [5.41, 5.74) is 1.67. The van der Waals surface area contributed by atoms with Gasteiger partial charge >= 0.3 is 0 Å². The first-order valence-electron chi connectivity index (χ1n) is 6.39. The van der Waals surface area contributed by atoms with Crippen LogP contribution in [0.3, 0.4) is 0 Å². The molecule has 0 unspecified atom stereocenters. The molecule has 0 spiro atoms. The summed E-state index contributed by atoms with van der Waals surface area (Å²) < 4.78 is 15.3. The lowest BCUT2D eigenvalue weighted by molar-refractivity contribution is 0.585. The summed E-state index contributed by atoms with van der Waals surface area (Å²) in [5, 5.41) is 8.21. The topological polar surface area (TPSA) is 29.9 Å². The second kappa shape index (κ2) is 5.31. The number of aromatic nitrogens is 2. The summed E-state index contributed by atoms with van der Waals surface area (Å²) in [5.74, 6) is -0.252. The van der Waals surface area contributed by atoms with Gasteiger partial charge < -0.3 is 5.32 Å². The van der Waals surface area contributed by atoms with Crippen molar-refractivity contribution >= 4 is 11.6 Å². The molecular formula is C14H15ClFN3. The summed E-state index contributed by atoms with van der Waals surface area (Å²) >= 11 is 5.87. The maximum Gasteiger partial charge on any atom is 0.128 e. The molecule has 3 nitrogen and oxygen atoms in total. The van der Waals surface area contributed by atoms with Crippen LogP contribution in [0.25, 0.3) is 0 Å². The molecule has 100 valence electrons. The lowest BCUT2D eigenvalue weighted by Gasteiger charge is -2.04. The highest BCUT2D eigenvalue weighted by molar-refractivity contribution is 6.30. The zero-order chi connectivity index (χ0) is 13.2. The van der Waals surface area contributed by atoms with Gasteiger partial charge in [0.2, 0.25) is 0 Å². The molecule has 2 aromatic rings. The van der Waals surface area contributed by atoms with E-state index >= 15 is 0 Å². The third-order valence-electron chi connectivity index (χ3n) is 3.20. The SMILES string of the molecule is Fc1ccc(Cl)cc1Cn1cc(CNC2CC2)cn1. The molecule has 0 aliphatic heterocycles. The molecule has 0 amide bonds. The van der Waals surface area contributed by atoms with E-state index in [1.807, 2.05) is 12.4 Å². The molecule has 0 saturated heterocycles. The van der Waals surface area contributed by atoms with Crippen LogP contribution in [0.2, 0.25) is 5.02 Å². The highest BCUT2D eigenvalue weighted by atomic mass is 35.5. The van der Waals surface area contributed by atoms with E-state index in [9.17, 15) is 4.39 Å². The van der Waals surface area contributed by atoms with Gasteiger partial charge in [0.15, 0.2) is 0 Å². The molecule has 1 aliphatic rings. The van der Waals surface area contributed by atoms with Crippen LogP contribution in [0.4, 0.5) is 4.39 Å². The van der Waals surface area contributed by atoms with Gasteiger partial charge in [0.1, 0.15) is 5.82 Å². The van der Waals surface area contributed by atoms with Crippen molar-refractivity contribution in [2.24, 2.45) is 0 Å². The minimum Gasteiger partial charge on any atom is -0.310 e. The van der Waals surface area contributed by atoms with Gasteiger partial charge in [-0.25, -0.2) is 4.39 Å². The average molecular weight is 280 g/mol. The maximum absolute atomic E-state index is 13.6. The number of rotatable bonds is 5. The van der Waals surface area contributed by atoms with E-state index in [1.54, 1.807) is 16.8 Å². The van der Waals surface area contributed by atoms with Crippen molar-refractivity contribution in [2.45, 2.75) is 32.0 Å². The van der Waals surface area contributed by atoms with Gasteiger partial charge in [-0.15, -0.1) is 0 Å². The third kappa shape index (κ3) is 3.33. The van der Waals surface area contributed by atoms with Gasteiger partial charge in [-0.2, -0.15) is 5.10 Å². The molecule has 1 aliphatic carbocycles. The standard InChI is InChI=1S/C14H15ClFN3/c15-12-1-4-14(16)11(5-12)9-19-8-10(7-18-19)6-17-13-2-3-13/h1,4-5,7-8,13,17H,2-3,6,9H2. The van der Waals surface area contributed by atoms with Crippen LogP contribution >= 0.6 is 11.6 Å². The number of halogens is 2. The highest BCUT2D eigenvalue weighted by Gasteiger charge is 2.20. The largest absolute Gasteiger partial charge is 0.310 e. The Bertz CT molecular complexity index is 578. The molecule has 1 aromatic heterocycles. The van der Waals surface area contributed by atoms with Gasteiger partial charge in [0.25, 0.3) is 0 Å². The van der Waals surface area contributed by atoms with E-state index in [2.05, 4.69) is 10.4 Å². The van der Waals surface area contributed by atoms with Crippen molar-refractivity contribution in [3.8, 4) is 0 Å². The predicted molar refractivity (Wildman–Crippen MR) is 72.6 cm³/mol. The normalized spacial score (nSPS) is 14.8. The first kappa shape index (κ1) is 12.6. The molecule has 1 aromatic carbocycles. The fourth-order valence-corrected chi connectivity index (χ4v) is 2.17. The lowest BCUT2D eigenvalue weighted by atomic mass is 10.2. The monoisotopic (exact) mass is 279 g/mol. The first-order chi connectivity index (χ1) is 9.20. The van der Waals surface area contributed by atoms with E-state index in [1.165, 1.54) is 18.9 Å². The summed E-state index contributed by atoms with van der Waals surface area (Å²) in [4.78, 5) is 0. The minimum atomic E-state index is -0.252. The second-order valence-corrected chi connectivity index (χ2v) is 5.37. The first-order valence-corrected chi connectivity index (χ1v) is 6.77. The average Bonchev–Trinajstić information content (AvgIpc) is 3.12. The van der Waals surface area contributed by atoms with E-state index in [4.69, 9.17) is 11.6 Å². The van der Waals surface area contributed by atoms with Crippen molar-refractivity contribution in [1.29, 1.82) is 0 Å². The van der Waals surface area contributed by atoms with Crippen molar-refractivity contribution in [3.05, 3.63) is 52.6 Å². The number of hydrogen-bond acceptors (Lipinski definition) is 2. The van der Waals surface area contributed by atoms with Crippen LogP contribution in [0.15, 0.2) is 30.6 Å². The predicted octanol–water partition coefficient (Wildman–Crippen LogP) is 2.98. The second-order valence-electron chi connectivity index (χ2n) is 4.94. The fraction of sp³-hybridized carbons (Fsp3) is 0.357. The van der Waals surface area contributed by atoms with Gasteiger partial charge in [-0.05, 0) is 31.0 Å². The van der Waals surface area contributed by atoms with Crippen LogP contribution in [0, 0.1) is 5.82 Å². The molecule has 1 N–H and O–H groups in total. The molecule has 3 rings (SSSR count). The van der Waals surface area contributed by atoms with Gasteiger partial charge in [-0.1, -0.05) is 11.6 Å². The van der Waals surface area contributed by atoms with Crippen molar-refractivity contribution in [3.63, 3.8) is 0 Å². The van der Waals surface area contributed by atoms with Crippen LogP contribution in [0.1, 0.15) is 24.0 Å². The minimum absolute atomic E-state index is 0.252. The quantitative estimate of drug-likeness (QED) is 0.912. The Hall–Kier alpha value is -1.39. The zero-order valence-electron chi connectivity index (χ0n) is 10.4. The Morgan fingerprint density at radius 2 is 2.26 bits per heavy atom. The number of benzene rings is 1. The van der Waals surface area contributed by atoms with Crippen molar-refractivity contribution in [1.82, 2.24) is 15.1 Å². The Balaban J connectivity index is 1.66. The zero-order valence-corrected chi connectivity index (χ0v) is 11.2. The fourth-order valence-electron chi connectivity index (χ4n) is 1.97. The third-order valence-corrected chi connectivity index (χ3v) is 3.43. The van der Waals surface area contributed by atoms with Crippen molar-refractivity contribution in [2.75, 3.05) is 0 Å². The lowest BCUT2D eigenvalue weighted by Crippen LogP contribution is -2.14. The van der Waals surface area contributed by atoms with E-state index < -0.39 is 0 Å². The summed E-state index contributed by atoms with van der Waals surface area (Å²) in [6, 6.07) is 5.25. The smallest absolute Gasteiger partial charge is 0.128 e. The molecular weight excluding hydrogens is 265 g/mol. The Morgan fingerprint density at radius 1 is 1.42 bits per heavy atom. The van der Waals surface area contributed by atoms with E-state index in [0.29, 0.717) is 23.2 Å². The molecule has 1 saturated carbocycles. The molecule has 19 heavy (non-hydrogen) atoms. The van der Waals surface area contributed by atoms with Crippen LogP contribution < -0.4 is 5.32 Å². The van der Waals surface area contributed by atoms with Gasteiger partial charge in [0, 0.05) is 34.9 Å². The molecule has 0 atom stereocenters. The molecule has 0 bridgehead atoms. The van der Waals surface area contributed by atoms with Crippen LogP contribution in [-0.2, 0) is 13.1 Å². The summed E-state index contributed by atoms with van der Waals surface area (Å²) in [6.45, 7) is 1.22. The Morgan fingerprint density at radius 3 is 3.05 bits per heavy atom. The maximum atomic E-state index is 13.6. The highest BCUT2D eigenvalue weighted by Crippen LogP contribution is 2.19. The Labute approximate surface area is 116 Å². The Kier molecular flexibility index (Phi) is 3.53. The summed E-state index contributed by atoms with van der Waals surface area (Å²) in [6.07, 6.45) is 6.29. The number of hydrogen-bond donors (Lipinski definition) is 1. The molecule has 0 radical (unpaired) electrons. The number of nitrogens with zero attached hydrogens (tertiary/aromatic N) is 2. The summed E-state index contributed by atoms with van der Waals surface area (Å²) in [7, 11) is 0. The van der Waals surface area contributed by atoms with Gasteiger partial charge in [0.05, 0.1) is 12.7 Å². The van der Waals surface area contributed by atoms with Crippen LogP contribution in [0.5, 0.6) is 0 Å². The molecule has 1 heterocycles. The molecule has 1 fully saturated rings. The van der Waals surface area contributed by atoms with Crippen molar-refractivity contribution < 1.29 is 4.39 Å². The van der Waals surface area contributed by atoms with E-state index in [0.717, 1.165) is 12.1 Å². The van der Waals surface area contributed by atoms with Crippen LogP contribution in [-0.4, -0.2) is 15.8 Å². The molecule has 5 heteroatoms. The number of nitrogens with one attached hydrogen (secondary N) is 1.